The van der Waals surface area contributed by atoms with Gasteiger partial charge in [-0.05, 0) is 0 Å². The molecule has 0 saturated carbocycles. The Bertz CT molecular complexity index is 16.4. The summed E-state index contributed by atoms with van der Waals surface area (Å²) in [5.74, 6) is 0. The maximum absolute atomic E-state index is 6.25. The molecule has 0 fully saturated rings. The van der Waals surface area contributed by atoms with Crippen LogP contribution >= 0.6 is 0 Å². The Labute approximate surface area is 92.0 Å². The van der Waals surface area contributed by atoms with Crippen LogP contribution in [-0.2, 0) is 0 Å². The first kappa shape index (κ1) is 16.5. The summed E-state index contributed by atoms with van der Waals surface area (Å²) in [4.78, 5) is 0. The van der Waals surface area contributed by atoms with E-state index in [9.17, 15) is 0 Å². The third kappa shape index (κ3) is 8.92. The molecule has 0 spiro atoms. The summed E-state index contributed by atoms with van der Waals surface area (Å²) < 4.78 is 0. The molecule has 0 unspecified atom stereocenters. The Morgan fingerprint density at radius 3 is 1.50 bits per heavy atom. The van der Waals surface area contributed by atoms with Crippen molar-refractivity contribution in [2.45, 2.75) is 0 Å². The van der Waals surface area contributed by atoms with Crippen molar-refractivity contribution >= 4 is 0 Å². The summed E-state index contributed by atoms with van der Waals surface area (Å²) in [5, 5.41) is 6.25. The van der Waals surface area contributed by atoms with Crippen LogP contribution in [-0.4, -0.2) is 0 Å². The molecule has 0 aromatic carbocycles. The van der Waals surface area contributed by atoms with Crippen LogP contribution in [0.2, 0.25) is 0 Å². The Morgan fingerprint density at radius 1 is 1.50 bits per heavy atom. The van der Waals surface area contributed by atoms with E-state index < -0.39 is 0 Å². The van der Waals surface area contributed by atoms with Crippen molar-refractivity contribution in [3.63, 3.8) is 0 Å². The van der Waals surface area contributed by atoms with Gasteiger partial charge in [-0.3, -0.25) is 0 Å². The number of nitrogens with zero attached hydrogens (tertiary/aromatic N) is 1. The summed E-state index contributed by atoms with van der Waals surface area (Å²) in [7, 11) is 0. The molecule has 0 bridgehead atoms. The van der Waals surface area contributed by atoms with Crippen LogP contribution in [0.5, 0.6) is 0 Å². The van der Waals surface area contributed by atoms with E-state index in [1.807, 2.05) is 0 Å². The van der Waals surface area contributed by atoms with Crippen LogP contribution in [0.3, 0.4) is 0 Å². The molecule has 0 aromatic heterocycles. The molecule has 0 rings (SSSR count). The van der Waals surface area contributed by atoms with Crippen LogP contribution in [0.4, 0.5) is 0 Å². The van der Waals surface area contributed by atoms with Crippen molar-refractivity contribution in [3.8, 4) is 0 Å². The van der Waals surface area contributed by atoms with Crippen LogP contribution in [0.15, 0.2) is 0 Å². The molecule has 0 radical (unpaired) electrons. The minimum atomic E-state index is 0. The number of hydrogen-bond acceptors (Lipinski definition) is 1. The smallest absolute Gasteiger partial charge is 1.00 e. The summed E-state index contributed by atoms with van der Waals surface area (Å²) in [5.41, 5.74) is 0. The Balaban J connectivity index is -0.00000000167. The molecule has 0 aliphatic heterocycles. The summed E-state index contributed by atoms with van der Waals surface area (Å²) >= 11 is 0. The quantitative estimate of drug-likeness (QED) is 0.214. The third-order valence-corrected chi connectivity index (χ3v) is 0. The molecule has 0 amide bonds. The fourth-order valence-corrected chi connectivity index (χ4v) is 0. The van der Waals surface area contributed by atoms with E-state index in [2.05, 4.69) is 0 Å². The van der Waals surface area contributed by atoms with Crippen LogP contribution < -0.4 is 80.9 Å². The van der Waals surface area contributed by atoms with Gasteiger partial charge in [0.25, 0.3) is 0 Å². The molecule has 4 heavy (non-hydrogen) atoms. The van der Waals surface area contributed by atoms with Gasteiger partial charge in [0.2, 0.25) is 0 Å². The van der Waals surface area contributed by atoms with Crippen LogP contribution in [0.25, 0.3) is 0 Å². The number of hydrogen-bond donors (Lipinski definition) is 0. The van der Waals surface area contributed by atoms with Gasteiger partial charge in [0.1, 0.15) is 0 Å². The third-order valence-electron chi connectivity index (χ3n) is 0. The molecule has 0 aliphatic rings. The zero-order valence-corrected chi connectivity index (χ0v) is 8.07. The average Bonchev–Trinajstić information content (AvgIpc) is 1.00. The number of rotatable bonds is 0. The maximum atomic E-state index is 6.25. The van der Waals surface area contributed by atoms with Crippen molar-refractivity contribution in [1.29, 1.82) is 5.26 Å². The summed E-state index contributed by atoms with van der Waals surface area (Å²) in [6.07, 6.45) is 0. The molecule has 0 N–H and O–H groups in total. The van der Waals surface area contributed by atoms with Crippen LogP contribution in [0.1, 0.15) is 1.43 Å². The van der Waals surface area contributed by atoms with E-state index in [1.54, 1.807) is 0 Å². The molecular formula is CHKNNa. The van der Waals surface area contributed by atoms with Gasteiger partial charge in [0.15, 0.2) is 0 Å². The van der Waals surface area contributed by atoms with Gasteiger partial charge in [-0.25, -0.2) is 0 Å². The van der Waals surface area contributed by atoms with E-state index in [0.717, 1.165) is 0 Å². The first-order valence-corrected chi connectivity index (χ1v) is 0.224. The molecule has 0 atom stereocenters. The minimum absolute atomic E-state index is 0. The predicted octanol–water partition coefficient (Wildman–Crippen LogP) is -5.78. The van der Waals surface area contributed by atoms with Crippen molar-refractivity contribution in [3.05, 3.63) is 6.57 Å². The second-order valence-corrected chi connectivity index (χ2v) is 0. The fourth-order valence-electron chi connectivity index (χ4n) is 0. The monoisotopic (exact) mass is 89.0 g/mol. The second-order valence-electron chi connectivity index (χ2n) is 0. The first-order valence-electron chi connectivity index (χ1n) is 0.224. The summed E-state index contributed by atoms with van der Waals surface area (Å²) in [6.45, 7) is 4.75. The first-order chi connectivity index (χ1) is 1.00. The Morgan fingerprint density at radius 2 is 1.50 bits per heavy atom. The van der Waals surface area contributed by atoms with E-state index in [4.69, 9.17) is 11.8 Å². The Hall–Kier alpha value is 2.13. The van der Waals surface area contributed by atoms with Gasteiger partial charge >= 0.3 is 80.9 Å². The van der Waals surface area contributed by atoms with Gasteiger partial charge in [-0.15, -0.1) is 0 Å². The van der Waals surface area contributed by atoms with Gasteiger partial charge in [0, 0.05) is 0 Å². The van der Waals surface area contributed by atoms with Crippen LogP contribution in [0, 0.1) is 11.8 Å². The zero-order chi connectivity index (χ0) is 2.00. The van der Waals surface area contributed by atoms with Gasteiger partial charge in [-0.2, -0.15) is 0 Å². The molecule has 0 aliphatic carbocycles. The molecule has 1 nitrogen and oxygen atoms in total. The van der Waals surface area contributed by atoms with E-state index in [0.29, 0.717) is 0 Å². The normalized spacial score (nSPS) is 0.500. The SMILES string of the molecule is [C-]#N.[H-].[K+].[Na+]. The topological polar surface area (TPSA) is 23.8 Å². The zero-order valence-electron chi connectivity index (χ0n) is 3.95. The van der Waals surface area contributed by atoms with Gasteiger partial charge < -0.3 is 13.3 Å². The molecule has 0 saturated heterocycles. The van der Waals surface area contributed by atoms with Crippen molar-refractivity contribution in [2.24, 2.45) is 0 Å². The Kier molecular flexibility index (Phi) is 79.5. The fraction of sp³-hybridized carbons (Fsp3) is 0. The van der Waals surface area contributed by atoms with E-state index >= 15 is 0 Å². The average molecular weight is 89.1 g/mol. The molecule has 0 heterocycles. The summed E-state index contributed by atoms with van der Waals surface area (Å²) in [6, 6.07) is 0. The minimum Gasteiger partial charge on any atom is -1.00 e. The van der Waals surface area contributed by atoms with Gasteiger partial charge in [0.05, 0.1) is 0 Å². The largest absolute Gasteiger partial charge is 1.00 e. The molecular weight excluding hydrogens is 88.1 g/mol. The second kappa shape index (κ2) is 19.3. The predicted molar refractivity (Wildman–Crippen MR) is 6.08 cm³/mol. The molecule has 12 valence electrons. The molecule has 3 heteroatoms. The van der Waals surface area contributed by atoms with E-state index in [-0.39, 0.29) is 82.4 Å². The van der Waals surface area contributed by atoms with Gasteiger partial charge in [-0.1, -0.05) is 0 Å². The maximum Gasteiger partial charge on any atom is 1.00 e. The van der Waals surface area contributed by atoms with E-state index in [1.165, 1.54) is 0 Å². The van der Waals surface area contributed by atoms with Crippen molar-refractivity contribution in [1.82, 2.24) is 0 Å². The molecule has 0 aromatic rings. The van der Waals surface area contributed by atoms with Crippen molar-refractivity contribution < 1.29 is 82.4 Å². The standard InChI is InChI=1S/CN.K.Na.H/c1-2;;;/q-1;2*+1;-1. The van der Waals surface area contributed by atoms with Crippen molar-refractivity contribution in [2.75, 3.05) is 0 Å².